The Kier molecular flexibility index (Phi) is 3.64. The molecule has 0 heterocycles. The van der Waals surface area contributed by atoms with Gasteiger partial charge in [-0.1, -0.05) is 34.1 Å². The number of aryl methyl sites for hydroxylation is 1. The predicted octanol–water partition coefficient (Wildman–Crippen LogP) is 5.57. The van der Waals surface area contributed by atoms with Crippen molar-refractivity contribution in [1.29, 1.82) is 5.26 Å². The Bertz CT molecular complexity index is 865. The lowest BCUT2D eigenvalue weighted by Crippen LogP contribution is -1.89. The monoisotopic (exact) mass is 337 g/mol. The lowest BCUT2D eigenvalue weighted by Gasteiger charge is -2.09. The molecule has 3 aromatic rings. The Morgan fingerprint density at radius 1 is 0.952 bits per heavy atom. The second kappa shape index (κ2) is 5.59. The van der Waals surface area contributed by atoms with Gasteiger partial charge in [-0.25, -0.2) is 0 Å². The number of ether oxygens (including phenoxy) is 1. The summed E-state index contributed by atoms with van der Waals surface area (Å²) in [6.45, 7) is 1.98. The molecule has 21 heavy (non-hydrogen) atoms. The van der Waals surface area contributed by atoms with Crippen LogP contribution in [0.5, 0.6) is 11.5 Å². The third-order valence-corrected chi connectivity index (χ3v) is 3.75. The molecule has 0 unspecified atom stereocenters. The number of benzene rings is 3. The first kappa shape index (κ1) is 13.7. The summed E-state index contributed by atoms with van der Waals surface area (Å²) in [7, 11) is 0. The molecule has 0 N–H and O–H groups in total. The molecule has 0 aliphatic rings. The summed E-state index contributed by atoms with van der Waals surface area (Å²) < 4.78 is 6.94. The van der Waals surface area contributed by atoms with Gasteiger partial charge < -0.3 is 4.74 Å². The Morgan fingerprint density at radius 3 is 2.52 bits per heavy atom. The molecule has 0 spiro atoms. The highest BCUT2D eigenvalue weighted by Gasteiger charge is 2.06. The molecule has 2 nitrogen and oxygen atoms in total. The van der Waals surface area contributed by atoms with E-state index in [2.05, 4.69) is 28.1 Å². The van der Waals surface area contributed by atoms with E-state index < -0.39 is 0 Å². The molecular weight excluding hydrogens is 326 g/mol. The van der Waals surface area contributed by atoms with E-state index in [0.717, 1.165) is 26.6 Å². The normalized spacial score (nSPS) is 10.3. The highest BCUT2D eigenvalue weighted by atomic mass is 79.9. The van der Waals surface area contributed by atoms with Gasteiger partial charge in [0.15, 0.2) is 0 Å². The maximum absolute atomic E-state index is 9.15. The highest BCUT2D eigenvalue weighted by Crippen LogP contribution is 2.29. The van der Waals surface area contributed by atoms with Crippen molar-refractivity contribution in [3.8, 4) is 17.6 Å². The van der Waals surface area contributed by atoms with Gasteiger partial charge in [0.25, 0.3) is 0 Å². The van der Waals surface area contributed by atoms with Crippen molar-refractivity contribution in [2.24, 2.45) is 0 Å². The Balaban J connectivity index is 2.00. The van der Waals surface area contributed by atoms with Crippen LogP contribution in [0.1, 0.15) is 11.1 Å². The van der Waals surface area contributed by atoms with E-state index in [1.165, 1.54) is 0 Å². The van der Waals surface area contributed by atoms with Crippen LogP contribution >= 0.6 is 15.9 Å². The van der Waals surface area contributed by atoms with Gasteiger partial charge >= 0.3 is 0 Å². The number of rotatable bonds is 2. The third kappa shape index (κ3) is 2.91. The number of nitrogens with zero attached hydrogens (tertiary/aromatic N) is 1. The average Bonchev–Trinajstić information content (AvgIpc) is 2.48. The van der Waals surface area contributed by atoms with Gasteiger partial charge in [0.2, 0.25) is 0 Å². The van der Waals surface area contributed by atoms with Crippen molar-refractivity contribution in [2.45, 2.75) is 6.92 Å². The van der Waals surface area contributed by atoms with Crippen molar-refractivity contribution in [3.63, 3.8) is 0 Å². The van der Waals surface area contributed by atoms with Crippen LogP contribution in [-0.2, 0) is 0 Å². The van der Waals surface area contributed by atoms with Gasteiger partial charge in [-0.05, 0) is 59.7 Å². The molecule has 0 radical (unpaired) electrons. The van der Waals surface area contributed by atoms with Crippen LogP contribution in [0.15, 0.2) is 59.1 Å². The quantitative estimate of drug-likeness (QED) is 0.611. The van der Waals surface area contributed by atoms with Gasteiger partial charge in [-0.2, -0.15) is 5.26 Å². The van der Waals surface area contributed by atoms with E-state index in [1.54, 1.807) is 6.07 Å². The number of hydrogen-bond donors (Lipinski definition) is 0. The van der Waals surface area contributed by atoms with Crippen LogP contribution in [0, 0.1) is 18.3 Å². The Hall–Kier alpha value is -2.31. The minimum absolute atomic E-state index is 0.538. The minimum Gasteiger partial charge on any atom is -0.456 e. The van der Waals surface area contributed by atoms with Gasteiger partial charge in [0.05, 0.1) is 5.56 Å². The zero-order valence-corrected chi connectivity index (χ0v) is 13.0. The summed E-state index contributed by atoms with van der Waals surface area (Å²) in [6, 6.07) is 19.7. The SMILES string of the molecule is Cc1ccc(C#N)c(Oc2ccc3cc(Br)ccc3c2)c1. The lowest BCUT2D eigenvalue weighted by atomic mass is 10.1. The molecule has 102 valence electrons. The van der Waals surface area contributed by atoms with Crippen molar-refractivity contribution in [1.82, 2.24) is 0 Å². The zero-order valence-electron chi connectivity index (χ0n) is 11.4. The molecule has 3 heteroatoms. The second-order valence-corrected chi connectivity index (χ2v) is 5.78. The van der Waals surface area contributed by atoms with E-state index in [0.29, 0.717) is 11.3 Å². The summed E-state index contributed by atoms with van der Waals surface area (Å²) in [6.07, 6.45) is 0. The standard InChI is InChI=1S/C18H12BrNO/c1-12-2-3-15(11-20)18(8-12)21-17-7-5-13-9-16(19)6-4-14(13)10-17/h2-10H,1H3. The van der Waals surface area contributed by atoms with E-state index in [-0.39, 0.29) is 0 Å². The zero-order chi connectivity index (χ0) is 14.8. The molecule has 3 rings (SSSR count). The first-order valence-electron chi connectivity index (χ1n) is 6.53. The second-order valence-electron chi connectivity index (χ2n) is 4.87. The third-order valence-electron chi connectivity index (χ3n) is 3.26. The number of fused-ring (bicyclic) bond motifs is 1. The molecule has 0 saturated carbocycles. The molecule has 0 aliphatic carbocycles. The van der Waals surface area contributed by atoms with Crippen molar-refractivity contribution in [2.75, 3.05) is 0 Å². The van der Waals surface area contributed by atoms with E-state index in [1.807, 2.05) is 49.4 Å². The molecular formula is C18H12BrNO. The van der Waals surface area contributed by atoms with Gasteiger partial charge in [0.1, 0.15) is 17.6 Å². The molecule has 0 amide bonds. The van der Waals surface area contributed by atoms with Crippen LogP contribution in [0.3, 0.4) is 0 Å². The van der Waals surface area contributed by atoms with Gasteiger partial charge in [-0.15, -0.1) is 0 Å². The fourth-order valence-corrected chi connectivity index (χ4v) is 2.57. The first-order chi connectivity index (χ1) is 10.2. The fraction of sp³-hybridized carbons (Fsp3) is 0.0556. The minimum atomic E-state index is 0.538. The van der Waals surface area contributed by atoms with E-state index >= 15 is 0 Å². The average molecular weight is 338 g/mol. The maximum Gasteiger partial charge on any atom is 0.145 e. The molecule has 0 bridgehead atoms. The largest absolute Gasteiger partial charge is 0.456 e. The van der Waals surface area contributed by atoms with Crippen molar-refractivity contribution >= 4 is 26.7 Å². The number of hydrogen-bond acceptors (Lipinski definition) is 2. The van der Waals surface area contributed by atoms with Crippen LogP contribution in [0.4, 0.5) is 0 Å². The summed E-state index contributed by atoms with van der Waals surface area (Å²) >= 11 is 3.46. The molecule has 3 aromatic carbocycles. The van der Waals surface area contributed by atoms with Gasteiger partial charge in [0, 0.05) is 4.47 Å². The molecule has 0 saturated heterocycles. The lowest BCUT2D eigenvalue weighted by molar-refractivity contribution is 0.481. The molecule has 0 aliphatic heterocycles. The van der Waals surface area contributed by atoms with Crippen LogP contribution in [0.25, 0.3) is 10.8 Å². The number of nitriles is 1. The smallest absolute Gasteiger partial charge is 0.145 e. The Labute approximate surface area is 131 Å². The molecule has 0 fully saturated rings. The van der Waals surface area contributed by atoms with E-state index in [9.17, 15) is 0 Å². The number of halogens is 1. The molecule has 0 aromatic heterocycles. The molecule has 0 atom stereocenters. The van der Waals surface area contributed by atoms with Crippen molar-refractivity contribution in [3.05, 3.63) is 70.2 Å². The van der Waals surface area contributed by atoms with Crippen molar-refractivity contribution < 1.29 is 4.74 Å². The Morgan fingerprint density at radius 2 is 1.71 bits per heavy atom. The van der Waals surface area contributed by atoms with Crippen LogP contribution in [0.2, 0.25) is 0 Å². The van der Waals surface area contributed by atoms with Gasteiger partial charge in [-0.3, -0.25) is 0 Å². The van der Waals surface area contributed by atoms with E-state index in [4.69, 9.17) is 10.00 Å². The summed E-state index contributed by atoms with van der Waals surface area (Å²) in [5.41, 5.74) is 1.60. The topological polar surface area (TPSA) is 33.0 Å². The highest BCUT2D eigenvalue weighted by molar-refractivity contribution is 9.10. The summed E-state index contributed by atoms with van der Waals surface area (Å²) in [4.78, 5) is 0. The summed E-state index contributed by atoms with van der Waals surface area (Å²) in [5, 5.41) is 11.4. The summed E-state index contributed by atoms with van der Waals surface area (Å²) in [5.74, 6) is 1.32. The van der Waals surface area contributed by atoms with Crippen LogP contribution < -0.4 is 4.74 Å². The fourth-order valence-electron chi connectivity index (χ4n) is 2.19. The maximum atomic E-state index is 9.15. The van der Waals surface area contributed by atoms with Crippen LogP contribution in [-0.4, -0.2) is 0 Å². The predicted molar refractivity (Wildman–Crippen MR) is 87.6 cm³/mol. The first-order valence-corrected chi connectivity index (χ1v) is 7.33.